The van der Waals surface area contributed by atoms with Crippen LogP contribution in [0.2, 0.25) is 0 Å². The Morgan fingerprint density at radius 2 is 2.00 bits per heavy atom. The van der Waals surface area contributed by atoms with Crippen LogP contribution in [-0.2, 0) is 17.6 Å². The van der Waals surface area contributed by atoms with Crippen molar-refractivity contribution >= 4 is 29.1 Å². The van der Waals surface area contributed by atoms with Crippen LogP contribution in [0, 0.1) is 6.92 Å². The molecule has 2 aliphatic rings. The van der Waals surface area contributed by atoms with E-state index in [1.165, 1.54) is 28.1 Å². The van der Waals surface area contributed by atoms with Gasteiger partial charge in [0.25, 0.3) is 5.56 Å². The Kier molecular flexibility index (Phi) is 5.01. The van der Waals surface area contributed by atoms with Crippen LogP contribution in [0.25, 0.3) is 11.3 Å². The van der Waals surface area contributed by atoms with E-state index >= 15 is 0 Å². The van der Waals surface area contributed by atoms with Gasteiger partial charge in [0.1, 0.15) is 5.69 Å². The summed E-state index contributed by atoms with van der Waals surface area (Å²) >= 11 is 0. The number of aromatic nitrogens is 2. The van der Waals surface area contributed by atoms with Gasteiger partial charge in [0, 0.05) is 17.4 Å². The van der Waals surface area contributed by atoms with Gasteiger partial charge in [-0.3, -0.25) is 14.9 Å². The lowest BCUT2D eigenvalue weighted by molar-refractivity contribution is -0.137. The molecule has 3 aromatic rings. The number of nitrogens with one attached hydrogen (secondary N) is 1. The van der Waals surface area contributed by atoms with Gasteiger partial charge in [-0.25, -0.2) is 9.48 Å². The van der Waals surface area contributed by atoms with Crippen molar-refractivity contribution < 1.29 is 15.0 Å². The number of fused-ring (bicyclic) bond motifs is 1. The molecule has 0 radical (unpaired) electrons. The minimum atomic E-state index is -1.07. The number of aryl methyl sites for hydroxylation is 3. The van der Waals surface area contributed by atoms with Crippen LogP contribution in [-0.4, -0.2) is 38.2 Å². The summed E-state index contributed by atoms with van der Waals surface area (Å²) in [6.07, 6.45) is 6.05. The van der Waals surface area contributed by atoms with Gasteiger partial charge < -0.3 is 10.2 Å². The van der Waals surface area contributed by atoms with Crippen LogP contribution in [0.3, 0.4) is 0 Å². The van der Waals surface area contributed by atoms with E-state index in [9.17, 15) is 14.7 Å². The SMILES string of the molecule is Cc1[nH]n(-c2ccc3c(c2)CCC3)c(=O)c1N=Nc1cccc(C2=CC(C(=O)O)N=C2)c1O. The third-order valence-corrected chi connectivity index (χ3v) is 5.93. The molecule has 0 saturated carbocycles. The predicted molar refractivity (Wildman–Crippen MR) is 123 cm³/mol. The summed E-state index contributed by atoms with van der Waals surface area (Å²) in [6, 6.07) is 9.88. The van der Waals surface area contributed by atoms with Crippen molar-refractivity contribution in [2.24, 2.45) is 15.2 Å². The first-order valence-corrected chi connectivity index (χ1v) is 10.6. The molecule has 0 amide bonds. The minimum Gasteiger partial charge on any atom is -0.505 e. The third-order valence-electron chi connectivity index (χ3n) is 5.93. The number of aromatic hydroxyl groups is 1. The van der Waals surface area contributed by atoms with Crippen LogP contribution in [0.4, 0.5) is 11.4 Å². The summed E-state index contributed by atoms with van der Waals surface area (Å²) in [7, 11) is 0. The van der Waals surface area contributed by atoms with Gasteiger partial charge in [-0.1, -0.05) is 18.2 Å². The van der Waals surface area contributed by atoms with Crippen molar-refractivity contribution in [2.45, 2.75) is 32.2 Å². The van der Waals surface area contributed by atoms with E-state index in [4.69, 9.17) is 5.11 Å². The largest absolute Gasteiger partial charge is 0.505 e. The Morgan fingerprint density at radius 3 is 2.79 bits per heavy atom. The number of para-hydroxylation sites is 1. The lowest BCUT2D eigenvalue weighted by atomic mass is 10.0. The molecular formula is C24H21N5O4. The normalized spacial score (nSPS) is 17.0. The first-order valence-electron chi connectivity index (χ1n) is 10.6. The van der Waals surface area contributed by atoms with E-state index < -0.39 is 12.0 Å². The van der Waals surface area contributed by atoms with Gasteiger partial charge in [0.15, 0.2) is 17.5 Å². The van der Waals surface area contributed by atoms with Gasteiger partial charge in [-0.2, -0.15) is 0 Å². The molecule has 5 rings (SSSR count). The van der Waals surface area contributed by atoms with Crippen LogP contribution in [0.1, 0.15) is 28.8 Å². The van der Waals surface area contributed by atoms with Crippen LogP contribution in [0.15, 0.2) is 62.5 Å². The monoisotopic (exact) mass is 443 g/mol. The van der Waals surface area contributed by atoms with Gasteiger partial charge in [-0.05, 0) is 61.6 Å². The maximum absolute atomic E-state index is 13.0. The molecule has 2 aromatic carbocycles. The molecule has 3 N–H and O–H groups in total. The molecule has 166 valence electrons. The highest BCUT2D eigenvalue weighted by Crippen LogP contribution is 2.36. The number of aromatic amines is 1. The fraction of sp³-hybridized carbons (Fsp3) is 0.208. The van der Waals surface area contributed by atoms with Gasteiger partial charge in [-0.15, -0.1) is 10.2 Å². The summed E-state index contributed by atoms with van der Waals surface area (Å²) in [6.45, 7) is 1.74. The summed E-state index contributed by atoms with van der Waals surface area (Å²) in [4.78, 5) is 28.0. The van der Waals surface area contributed by atoms with Crippen molar-refractivity contribution in [3.63, 3.8) is 0 Å². The van der Waals surface area contributed by atoms with Gasteiger partial charge in [0.2, 0.25) is 0 Å². The lowest BCUT2D eigenvalue weighted by Gasteiger charge is -2.05. The topological polar surface area (TPSA) is 132 Å². The molecule has 2 heterocycles. The first kappa shape index (κ1) is 20.6. The zero-order chi connectivity index (χ0) is 23.1. The molecule has 0 saturated heterocycles. The number of rotatable bonds is 5. The summed E-state index contributed by atoms with van der Waals surface area (Å²) in [5.74, 6) is -1.24. The number of aliphatic imine (C=N–C) groups is 1. The zero-order valence-corrected chi connectivity index (χ0v) is 17.8. The number of H-pyrrole nitrogens is 1. The summed E-state index contributed by atoms with van der Waals surface area (Å²) in [5.41, 5.74) is 4.71. The Balaban J connectivity index is 1.46. The zero-order valence-electron chi connectivity index (χ0n) is 17.8. The fourth-order valence-corrected chi connectivity index (χ4v) is 4.19. The molecule has 1 aliphatic carbocycles. The van der Waals surface area contributed by atoms with Crippen molar-refractivity contribution in [3.8, 4) is 11.4 Å². The second-order valence-corrected chi connectivity index (χ2v) is 8.09. The molecule has 9 nitrogen and oxygen atoms in total. The molecule has 9 heteroatoms. The molecule has 1 aromatic heterocycles. The average Bonchev–Trinajstić information content (AvgIpc) is 3.52. The maximum Gasteiger partial charge on any atom is 0.332 e. The Morgan fingerprint density at radius 1 is 1.18 bits per heavy atom. The smallest absolute Gasteiger partial charge is 0.332 e. The molecular weight excluding hydrogens is 422 g/mol. The Bertz CT molecular complexity index is 1430. The predicted octanol–water partition coefficient (Wildman–Crippen LogP) is 4.00. The van der Waals surface area contributed by atoms with E-state index in [1.807, 2.05) is 12.1 Å². The highest BCUT2D eigenvalue weighted by atomic mass is 16.4. The van der Waals surface area contributed by atoms with Crippen molar-refractivity contribution in [1.29, 1.82) is 0 Å². The standard InChI is InChI=1S/C24H21N5O4/c1-13-21(23(31)29(28-13)17-9-8-14-4-2-5-15(14)10-17)27-26-19-7-3-6-18(22(19)30)16-11-20(24(32)33)25-12-16/h3,6-12,20,28,30H,2,4-5H2,1H3,(H,32,33). The number of hydrogen-bond donors (Lipinski definition) is 3. The van der Waals surface area contributed by atoms with E-state index in [0.717, 1.165) is 24.9 Å². The van der Waals surface area contributed by atoms with Crippen molar-refractivity contribution in [3.05, 3.63) is 75.2 Å². The number of carbonyl (C=O) groups is 1. The number of aliphatic carboxylic acids is 1. The van der Waals surface area contributed by atoms with E-state index in [2.05, 4.69) is 26.4 Å². The minimum absolute atomic E-state index is 0.146. The Labute approximate surface area is 188 Å². The number of phenolic OH excluding ortho intramolecular Hbond substituents is 1. The molecule has 1 unspecified atom stereocenters. The number of allylic oxidation sites excluding steroid dienone is 1. The molecule has 33 heavy (non-hydrogen) atoms. The van der Waals surface area contributed by atoms with Gasteiger partial charge >= 0.3 is 5.97 Å². The molecule has 0 fully saturated rings. The maximum atomic E-state index is 13.0. The fourth-order valence-electron chi connectivity index (χ4n) is 4.19. The summed E-state index contributed by atoms with van der Waals surface area (Å²) in [5, 5.41) is 31.0. The van der Waals surface area contributed by atoms with Crippen molar-refractivity contribution in [1.82, 2.24) is 9.78 Å². The van der Waals surface area contributed by atoms with Gasteiger partial charge in [0.05, 0.1) is 11.4 Å². The second kappa shape index (κ2) is 8.01. The third kappa shape index (κ3) is 3.67. The number of carboxylic acids is 1. The van der Waals surface area contributed by atoms with E-state index in [-0.39, 0.29) is 22.7 Å². The molecule has 1 atom stereocenters. The van der Waals surface area contributed by atoms with E-state index in [0.29, 0.717) is 16.8 Å². The molecule has 0 spiro atoms. The Hall–Kier alpha value is -4.27. The average molecular weight is 443 g/mol. The van der Waals surface area contributed by atoms with Crippen LogP contribution in [0.5, 0.6) is 5.75 Å². The quantitative estimate of drug-likeness (QED) is 0.514. The number of nitrogens with zero attached hydrogens (tertiary/aromatic N) is 4. The summed E-state index contributed by atoms with van der Waals surface area (Å²) < 4.78 is 1.45. The number of azo groups is 1. The van der Waals surface area contributed by atoms with Crippen LogP contribution >= 0.6 is 0 Å². The molecule has 0 bridgehead atoms. The van der Waals surface area contributed by atoms with Crippen molar-refractivity contribution in [2.75, 3.05) is 0 Å². The number of benzene rings is 2. The molecule has 1 aliphatic heterocycles. The highest BCUT2D eigenvalue weighted by molar-refractivity contribution is 6.15. The van der Waals surface area contributed by atoms with E-state index in [1.54, 1.807) is 25.1 Å². The highest BCUT2D eigenvalue weighted by Gasteiger charge is 2.21. The first-order chi connectivity index (χ1) is 15.9. The number of carboxylic acid groups (broad SMARTS) is 1. The second-order valence-electron chi connectivity index (χ2n) is 8.09. The number of phenols is 1. The van der Waals surface area contributed by atoms with Crippen LogP contribution < -0.4 is 5.56 Å². The number of hydrogen-bond acceptors (Lipinski definition) is 6. The lowest BCUT2D eigenvalue weighted by Crippen LogP contribution is -2.14.